The van der Waals surface area contributed by atoms with Gasteiger partial charge in [0.15, 0.2) is 6.10 Å². The summed E-state index contributed by atoms with van der Waals surface area (Å²) in [7, 11) is 3.03. The second-order valence-corrected chi connectivity index (χ2v) is 34.3. The van der Waals surface area contributed by atoms with Gasteiger partial charge in [-0.1, -0.05) is 71.7 Å². The molecule has 132 heavy (non-hydrogen) atoms. The first-order valence-electron chi connectivity index (χ1n) is 44.0. The number of imide groups is 1. The molecule has 0 aliphatic carbocycles. The number of epoxide rings is 1. The number of hydroxylamine groups is 2. The maximum Gasteiger partial charge on any atom is 0.444 e. The Balaban J connectivity index is 0.727. The van der Waals surface area contributed by atoms with Crippen LogP contribution in [0.3, 0.4) is 0 Å². The summed E-state index contributed by atoms with van der Waals surface area (Å²) in [6.07, 6.45) is -8.99. The van der Waals surface area contributed by atoms with Gasteiger partial charge in [0.1, 0.15) is 77.1 Å². The number of aliphatic hydroxyl groups excluding tert-OH is 3. The fourth-order valence-corrected chi connectivity index (χ4v) is 13.7. The number of benzene rings is 2. The number of nitrogens with one attached hydrogen (secondary N) is 3. The minimum Gasteiger partial charge on any atom is -0.479 e. The molecule has 7 amide bonds. The molecule has 3 saturated heterocycles. The highest BCUT2D eigenvalue weighted by atomic mass is 35.5. The van der Waals surface area contributed by atoms with Gasteiger partial charge in [-0.3, -0.25) is 29.2 Å². The van der Waals surface area contributed by atoms with Gasteiger partial charge in [0.05, 0.1) is 193 Å². The molecular formula is C88H134ClN9O34. The minimum atomic E-state index is -2.02. The van der Waals surface area contributed by atoms with Crippen LogP contribution in [0.4, 0.5) is 24.9 Å². The van der Waals surface area contributed by atoms with E-state index in [0.717, 1.165) is 16.7 Å². The number of aliphatic carboxylic acids is 1. The standard InChI is InChI=1S/C88H134ClN9O34/c1-56-17-15-18-58(3)88(112)52-67(127-82(109)92-88)59(4)76-87(12,130-76)68(51-70(100)96(14)65-50-62(47-56)48-57(2)71(65)89)128-79(107)60(5)95(13)69(99)19-16-23-97-54-63(93-94-97)53-91-81(108)124-55-61-20-21-66(126-80-74(103)72(101)73(102)75(129-80)78(105)106)64(49-61)77(104)90-22-24-113-25-26-114-27-28-115-29-30-116-31-32-117-33-34-118-35-36-119-37-38-120-39-40-121-41-42-122-43-44-123-45-46-125-98(83(110)131-85(6,7)8)84(111)132-86(9,10)11/h15,17-18,20-21,48-50,54,58-60,67-68,72-76,80,101-103,112H,16,19,22-47,51-53,55H2,1-14H3,(H,90,104)(H,91,108)(H,92,109)(H,105,106)/b18-15+,56-17+/t58-,59-,60?,67+,68+,72+,73+,74-,75+,76+,80-,87+,88+/m1/s1. The minimum absolute atomic E-state index is 0.00690. The molecule has 8 N–H and O–H groups in total. The maximum absolute atomic E-state index is 14.4. The van der Waals surface area contributed by atoms with Crippen molar-refractivity contribution < 1.29 is 164 Å². The van der Waals surface area contributed by atoms with E-state index in [1.165, 1.54) is 46.7 Å². The summed E-state index contributed by atoms with van der Waals surface area (Å²) in [6.45, 7) is 26.9. The van der Waals surface area contributed by atoms with Crippen LogP contribution >= 0.6 is 11.6 Å². The number of hydrogen-bond acceptors (Lipinski definition) is 35. The number of ether oxygens (including phenoxy) is 19. The van der Waals surface area contributed by atoms with Crippen molar-refractivity contribution in [2.45, 2.75) is 212 Å². The van der Waals surface area contributed by atoms with Gasteiger partial charge in [0, 0.05) is 51.9 Å². The maximum atomic E-state index is 14.4. The fraction of sp³-hybridized carbons (Fsp3) is 0.693. The molecule has 4 bridgehead atoms. The number of carbonyl (C=O) groups excluding carboxylic acids is 8. The number of alkyl carbamates (subject to hydrolysis) is 2. The number of likely N-dealkylation sites (N-methyl/N-ethyl adjacent to an activating group) is 1. The van der Waals surface area contributed by atoms with Crippen LogP contribution in [0.5, 0.6) is 5.75 Å². The van der Waals surface area contributed by atoms with Crippen molar-refractivity contribution in [2.75, 3.05) is 177 Å². The first-order valence-corrected chi connectivity index (χ1v) is 44.4. The highest BCUT2D eigenvalue weighted by Gasteiger charge is 2.64. The SMILES string of the molecule is C/C1=C\C=C\[C@@H](C)[C@@]2(O)C[C@H](OC(=O)N2)[C@@H](C)[C@@H]2O[C@@]2(C)[C@@H](OC(=O)C(C)N(C)C(=O)CCCn2cc(CNC(=O)OCc3ccc(O[C@@H]4O[C@H](C(=O)O)[C@@H](O)[C@H](O)[C@H]4O)c(C(=O)NCCOCCOCCOCCOCCOCCOCCOCCOCCOCCOCCOCCON(C(=O)OC(C)(C)C)C(=O)OC(C)(C)C)c3)nn2)CC(=O)N(C)c2cc(cc(C)c2Cl)C1. The Labute approximate surface area is 773 Å². The zero-order valence-corrected chi connectivity index (χ0v) is 78.6. The molecule has 4 aliphatic heterocycles. The molecule has 1 unspecified atom stereocenters. The fourth-order valence-electron chi connectivity index (χ4n) is 13.4. The van der Waals surface area contributed by atoms with Gasteiger partial charge in [-0.2, -0.15) is 0 Å². The molecule has 0 radical (unpaired) electrons. The molecule has 7 rings (SSSR count). The molecule has 0 spiro atoms. The van der Waals surface area contributed by atoms with Crippen molar-refractivity contribution in [3.8, 4) is 5.75 Å². The van der Waals surface area contributed by atoms with Gasteiger partial charge in [-0.15, -0.1) is 5.10 Å². The third-order valence-corrected chi connectivity index (χ3v) is 21.5. The van der Waals surface area contributed by atoms with Gasteiger partial charge in [0.25, 0.3) is 5.91 Å². The van der Waals surface area contributed by atoms with Crippen molar-refractivity contribution in [3.05, 3.63) is 93.3 Å². The van der Waals surface area contributed by atoms with Gasteiger partial charge >= 0.3 is 36.3 Å². The molecule has 2 aromatic carbocycles. The number of carboxylic acids is 1. The van der Waals surface area contributed by atoms with Gasteiger partial charge in [0.2, 0.25) is 18.1 Å². The Morgan fingerprint density at radius 2 is 1.25 bits per heavy atom. The Kier molecular flexibility index (Phi) is 46.0. The molecule has 742 valence electrons. The van der Waals surface area contributed by atoms with Crippen molar-refractivity contribution in [1.82, 2.24) is 40.9 Å². The first kappa shape index (κ1) is 110. The van der Waals surface area contributed by atoms with Crippen LogP contribution in [0.15, 0.2) is 60.3 Å². The number of fused-ring (bicyclic) bond motifs is 5. The normalized spacial score (nSPS) is 23.1. The van der Waals surface area contributed by atoms with Gasteiger partial charge < -0.3 is 136 Å². The van der Waals surface area contributed by atoms with E-state index >= 15 is 0 Å². The Morgan fingerprint density at radius 3 is 1.78 bits per heavy atom. The van der Waals surface area contributed by atoms with Crippen molar-refractivity contribution in [3.63, 3.8) is 0 Å². The van der Waals surface area contributed by atoms with E-state index in [4.69, 9.17) is 106 Å². The molecule has 44 heteroatoms. The van der Waals surface area contributed by atoms with Crippen molar-refractivity contribution in [1.29, 1.82) is 0 Å². The molecule has 3 fully saturated rings. The highest BCUT2D eigenvalue weighted by molar-refractivity contribution is 6.34. The number of halogens is 1. The number of esters is 1. The monoisotopic (exact) mass is 1900 g/mol. The predicted octanol–water partition coefficient (Wildman–Crippen LogP) is 5.22. The number of allylic oxidation sites excluding steroid dienone is 3. The van der Waals surface area contributed by atoms with Crippen LogP contribution in [0.2, 0.25) is 5.02 Å². The van der Waals surface area contributed by atoms with E-state index < -0.39 is 150 Å². The lowest BCUT2D eigenvalue weighted by molar-refractivity contribution is -0.271. The Hall–Kier alpha value is -8.94. The molecule has 0 saturated carbocycles. The van der Waals surface area contributed by atoms with E-state index in [1.54, 1.807) is 81.6 Å². The van der Waals surface area contributed by atoms with Crippen LogP contribution in [-0.2, 0) is 135 Å². The van der Waals surface area contributed by atoms with Crippen LogP contribution in [0.1, 0.15) is 135 Å². The van der Waals surface area contributed by atoms with Crippen LogP contribution in [-0.4, -0.2) is 355 Å². The molecule has 3 aromatic rings. The molecule has 43 nitrogen and oxygen atoms in total. The summed E-state index contributed by atoms with van der Waals surface area (Å²) in [5, 5.41) is 69.9. The first-order chi connectivity index (χ1) is 62.7. The number of aryl methyl sites for hydroxylation is 2. The quantitative estimate of drug-likeness (QED) is 0.0118. The van der Waals surface area contributed by atoms with Gasteiger partial charge in [-0.25, -0.2) is 28.8 Å². The summed E-state index contributed by atoms with van der Waals surface area (Å²) in [4.78, 5) is 127. The second-order valence-electron chi connectivity index (χ2n) is 33.9. The van der Waals surface area contributed by atoms with Crippen LogP contribution < -0.4 is 25.6 Å². The smallest absolute Gasteiger partial charge is 0.444 e. The number of hydrogen-bond donors (Lipinski definition) is 8. The summed E-state index contributed by atoms with van der Waals surface area (Å²) in [6, 6.07) is 6.60. The van der Waals surface area contributed by atoms with E-state index in [0.29, 0.717) is 134 Å². The third-order valence-electron chi connectivity index (χ3n) is 21.0. The van der Waals surface area contributed by atoms with E-state index in [-0.39, 0.29) is 108 Å². The summed E-state index contributed by atoms with van der Waals surface area (Å²) >= 11 is 6.87. The zero-order valence-electron chi connectivity index (χ0n) is 77.8. The van der Waals surface area contributed by atoms with Gasteiger partial charge in [-0.05, 0) is 117 Å². The molecule has 13 atom stereocenters. The average Bonchev–Trinajstić information content (AvgIpc) is 1.57. The topological polar surface area (TPSA) is 519 Å². The number of amides is 7. The van der Waals surface area contributed by atoms with E-state index in [1.807, 2.05) is 38.1 Å². The number of nitrogens with zero attached hydrogens (tertiary/aromatic N) is 6. The largest absolute Gasteiger partial charge is 0.479 e. The van der Waals surface area contributed by atoms with Crippen LogP contribution in [0.25, 0.3) is 0 Å². The molecular weight excluding hydrogens is 1760 g/mol. The second kappa shape index (κ2) is 55.2. The number of rotatable bonds is 52. The summed E-state index contributed by atoms with van der Waals surface area (Å²) in [5.74, 6) is -5.47. The third kappa shape index (κ3) is 37.4. The Morgan fingerprint density at radius 1 is 0.720 bits per heavy atom. The summed E-state index contributed by atoms with van der Waals surface area (Å²) in [5.41, 5.74) is -1.29. The molecule has 1 aromatic heterocycles. The Bertz CT molecular complexity index is 4180. The number of aromatic nitrogens is 3. The van der Waals surface area contributed by atoms with E-state index in [9.17, 15) is 68.7 Å². The molecule has 4 aliphatic rings. The van der Waals surface area contributed by atoms with E-state index in [2.05, 4.69) is 26.3 Å². The number of anilines is 1. The van der Waals surface area contributed by atoms with Crippen molar-refractivity contribution >= 4 is 71.3 Å². The predicted molar refractivity (Wildman–Crippen MR) is 467 cm³/mol. The molecule has 5 heterocycles. The highest BCUT2D eigenvalue weighted by Crippen LogP contribution is 2.49. The lowest BCUT2D eigenvalue weighted by Gasteiger charge is -2.41. The summed E-state index contributed by atoms with van der Waals surface area (Å²) < 4.78 is 108. The number of carboxylic acid groups (broad SMARTS) is 1. The van der Waals surface area contributed by atoms with Crippen molar-refractivity contribution in [2.24, 2.45) is 11.8 Å². The lowest BCUT2D eigenvalue weighted by atomic mass is 9.82. The van der Waals surface area contributed by atoms with Crippen LogP contribution in [0, 0.1) is 18.8 Å². The lowest BCUT2D eigenvalue weighted by Crippen LogP contribution is -2.61. The number of carbonyl (C=O) groups is 9. The average molecular weight is 1900 g/mol. The zero-order chi connectivity index (χ0) is 96.7. The number of aliphatic hydroxyl groups is 4.